The maximum atomic E-state index is 11.7. The second-order valence-corrected chi connectivity index (χ2v) is 7.87. The summed E-state index contributed by atoms with van der Waals surface area (Å²) in [6, 6.07) is 0. The summed E-state index contributed by atoms with van der Waals surface area (Å²) in [5, 5.41) is 1.26. The van der Waals surface area contributed by atoms with Gasteiger partial charge in [-0.05, 0) is 0 Å². The number of carbonyl (C=O) groups excluding carboxylic acids is 4. The van der Waals surface area contributed by atoms with Crippen LogP contribution in [0.1, 0.15) is 27.7 Å². The van der Waals surface area contributed by atoms with Crippen molar-refractivity contribution in [3.05, 3.63) is 0 Å². The number of hydrogen-bond acceptors (Lipinski definition) is 10. The maximum Gasteiger partial charge on any atom is 0.303 e. The molecule has 172 valence electrons. The lowest BCUT2D eigenvalue weighted by Crippen LogP contribution is -2.63. The molecule has 0 amide bonds. The van der Waals surface area contributed by atoms with E-state index in [2.05, 4.69) is 31.9 Å². The van der Waals surface area contributed by atoms with Gasteiger partial charge in [0.05, 0.1) is 6.61 Å². The Bertz CT molecular complexity index is 610. The molecule has 1 fully saturated rings. The maximum absolute atomic E-state index is 11.7. The SMILES string of the molecule is CC(=O)OC[C@H]1O[C@@H](OCC(CBr)CBr)[C@H](OC(C)=O)[C@@H](OC(C)=O)[C@H]1OC(C)=O. The minimum Gasteiger partial charge on any atom is -0.463 e. The Labute approximate surface area is 191 Å². The highest BCUT2D eigenvalue weighted by Crippen LogP contribution is 2.30. The van der Waals surface area contributed by atoms with Gasteiger partial charge in [-0.3, -0.25) is 19.2 Å². The first kappa shape index (κ1) is 26.8. The van der Waals surface area contributed by atoms with E-state index in [1.807, 2.05) is 0 Å². The predicted octanol–water partition coefficient (Wildman–Crippen LogP) is 1.49. The monoisotopic (exact) mass is 560 g/mol. The summed E-state index contributed by atoms with van der Waals surface area (Å²) in [4.78, 5) is 46.4. The first-order valence-corrected chi connectivity index (χ1v) is 11.4. The number of halogens is 2. The van der Waals surface area contributed by atoms with Crippen molar-refractivity contribution in [2.45, 2.75) is 58.4 Å². The molecular formula is C18H26Br2O10. The van der Waals surface area contributed by atoms with Crippen LogP contribution in [0, 0.1) is 5.92 Å². The molecule has 1 rings (SSSR count). The third-order valence-corrected chi connectivity index (χ3v) is 5.71. The van der Waals surface area contributed by atoms with E-state index in [4.69, 9.17) is 28.4 Å². The number of ether oxygens (including phenoxy) is 6. The predicted molar refractivity (Wildman–Crippen MR) is 109 cm³/mol. The lowest BCUT2D eigenvalue weighted by Gasteiger charge is -2.44. The summed E-state index contributed by atoms with van der Waals surface area (Å²) < 4.78 is 32.6. The van der Waals surface area contributed by atoms with Gasteiger partial charge in [0.15, 0.2) is 24.6 Å². The third-order valence-electron chi connectivity index (χ3n) is 3.88. The zero-order chi connectivity index (χ0) is 22.8. The van der Waals surface area contributed by atoms with Gasteiger partial charge in [0.2, 0.25) is 0 Å². The highest BCUT2D eigenvalue weighted by Gasteiger charge is 2.52. The van der Waals surface area contributed by atoms with Crippen molar-refractivity contribution < 1.29 is 47.6 Å². The van der Waals surface area contributed by atoms with Crippen molar-refractivity contribution in [1.82, 2.24) is 0 Å². The zero-order valence-corrected chi connectivity index (χ0v) is 20.3. The molecule has 0 bridgehead atoms. The third kappa shape index (κ3) is 8.86. The smallest absolute Gasteiger partial charge is 0.303 e. The minimum absolute atomic E-state index is 0.0665. The quantitative estimate of drug-likeness (QED) is 0.220. The van der Waals surface area contributed by atoms with E-state index in [-0.39, 0.29) is 19.1 Å². The lowest BCUT2D eigenvalue weighted by molar-refractivity contribution is -0.309. The lowest BCUT2D eigenvalue weighted by atomic mass is 9.98. The van der Waals surface area contributed by atoms with Gasteiger partial charge in [-0.2, -0.15) is 0 Å². The van der Waals surface area contributed by atoms with Crippen molar-refractivity contribution in [3.8, 4) is 0 Å². The Morgan fingerprint density at radius 3 is 1.77 bits per heavy atom. The molecule has 0 unspecified atom stereocenters. The topological polar surface area (TPSA) is 124 Å². The second kappa shape index (κ2) is 13.2. The van der Waals surface area contributed by atoms with Gasteiger partial charge in [0.25, 0.3) is 0 Å². The molecule has 12 heteroatoms. The van der Waals surface area contributed by atoms with Crippen LogP contribution < -0.4 is 0 Å². The van der Waals surface area contributed by atoms with Crippen molar-refractivity contribution in [1.29, 1.82) is 0 Å². The Morgan fingerprint density at radius 1 is 0.800 bits per heavy atom. The first-order chi connectivity index (χ1) is 14.1. The van der Waals surface area contributed by atoms with E-state index in [0.717, 1.165) is 13.8 Å². The minimum atomic E-state index is -1.24. The number of alkyl halides is 2. The summed E-state index contributed by atoms with van der Waals surface area (Å²) in [6.07, 6.45) is -5.83. The highest BCUT2D eigenvalue weighted by atomic mass is 79.9. The van der Waals surface area contributed by atoms with Gasteiger partial charge in [-0.25, -0.2) is 0 Å². The summed E-state index contributed by atoms with van der Waals surface area (Å²) in [5.41, 5.74) is 0. The van der Waals surface area contributed by atoms with Crippen LogP contribution in [0.2, 0.25) is 0 Å². The van der Waals surface area contributed by atoms with Gasteiger partial charge >= 0.3 is 23.9 Å². The standard InChI is InChI=1S/C18H26Br2O10/c1-9(21)25-8-14-15(27-10(2)22)16(28-11(3)23)17(29-12(4)24)18(30-14)26-7-13(5-19)6-20/h13-18H,5-8H2,1-4H3/t14-,15+,16+,17-,18-/m1/s1. The van der Waals surface area contributed by atoms with Crippen LogP contribution in [0.3, 0.4) is 0 Å². The number of rotatable bonds is 10. The van der Waals surface area contributed by atoms with Crippen LogP contribution >= 0.6 is 31.9 Å². The molecule has 1 heterocycles. The number of esters is 4. The normalized spacial score (nSPS) is 26.0. The molecule has 0 N–H and O–H groups in total. The van der Waals surface area contributed by atoms with Gasteiger partial charge in [-0.15, -0.1) is 0 Å². The average molecular weight is 562 g/mol. The van der Waals surface area contributed by atoms with Crippen LogP contribution in [-0.4, -0.2) is 78.5 Å². The van der Waals surface area contributed by atoms with Gasteiger partial charge in [0, 0.05) is 44.3 Å². The Hall–Kier alpha value is -1.24. The van der Waals surface area contributed by atoms with Crippen LogP contribution in [0.15, 0.2) is 0 Å². The van der Waals surface area contributed by atoms with Gasteiger partial charge in [-0.1, -0.05) is 31.9 Å². The second-order valence-electron chi connectivity index (χ2n) is 6.58. The zero-order valence-electron chi connectivity index (χ0n) is 17.1. The van der Waals surface area contributed by atoms with Crippen LogP contribution in [0.4, 0.5) is 0 Å². The fraction of sp³-hybridized carbons (Fsp3) is 0.778. The van der Waals surface area contributed by atoms with Crippen molar-refractivity contribution >= 4 is 55.7 Å². The van der Waals surface area contributed by atoms with E-state index in [0.29, 0.717) is 10.7 Å². The summed E-state index contributed by atoms with van der Waals surface area (Å²) in [6.45, 7) is 4.62. The molecule has 1 aliphatic heterocycles. The fourth-order valence-corrected chi connectivity index (χ4v) is 4.13. The molecule has 0 aromatic heterocycles. The molecule has 0 spiro atoms. The first-order valence-electron chi connectivity index (χ1n) is 9.13. The molecule has 1 saturated heterocycles. The summed E-state index contributed by atoms with van der Waals surface area (Å²) in [7, 11) is 0. The van der Waals surface area contributed by atoms with Gasteiger partial charge in [0.1, 0.15) is 12.7 Å². The van der Waals surface area contributed by atoms with Crippen molar-refractivity contribution in [2.75, 3.05) is 23.9 Å². The Morgan fingerprint density at radius 2 is 1.30 bits per heavy atom. The van der Waals surface area contributed by atoms with E-state index in [9.17, 15) is 19.2 Å². The summed E-state index contributed by atoms with van der Waals surface area (Å²) in [5.74, 6) is -2.57. The molecule has 1 aliphatic rings. The van der Waals surface area contributed by atoms with Crippen LogP contribution in [0.25, 0.3) is 0 Å². The van der Waals surface area contributed by atoms with Crippen LogP contribution in [0.5, 0.6) is 0 Å². The largest absolute Gasteiger partial charge is 0.463 e. The Kier molecular flexibility index (Phi) is 11.8. The Balaban J connectivity index is 3.25. The van der Waals surface area contributed by atoms with Crippen molar-refractivity contribution in [2.24, 2.45) is 5.92 Å². The molecule has 0 aromatic carbocycles. The van der Waals surface area contributed by atoms with E-state index in [1.165, 1.54) is 13.8 Å². The summed E-state index contributed by atoms with van der Waals surface area (Å²) >= 11 is 6.74. The fourth-order valence-electron chi connectivity index (χ4n) is 2.68. The highest BCUT2D eigenvalue weighted by molar-refractivity contribution is 9.09. The van der Waals surface area contributed by atoms with E-state index < -0.39 is 54.6 Å². The molecular weight excluding hydrogens is 536 g/mol. The van der Waals surface area contributed by atoms with Gasteiger partial charge < -0.3 is 28.4 Å². The van der Waals surface area contributed by atoms with E-state index in [1.54, 1.807) is 0 Å². The number of carbonyl (C=O) groups is 4. The van der Waals surface area contributed by atoms with Crippen molar-refractivity contribution in [3.63, 3.8) is 0 Å². The average Bonchev–Trinajstić information content (AvgIpc) is 2.64. The van der Waals surface area contributed by atoms with Crippen LogP contribution in [-0.2, 0) is 47.6 Å². The molecule has 5 atom stereocenters. The molecule has 0 radical (unpaired) electrons. The molecule has 0 saturated carbocycles. The molecule has 0 aromatic rings. The molecule has 0 aliphatic carbocycles. The number of hydrogen-bond donors (Lipinski definition) is 0. The molecule has 10 nitrogen and oxygen atoms in total. The molecule has 30 heavy (non-hydrogen) atoms. The van der Waals surface area contributed by atoms with E-state index >= 15 is 0 Å².